The van der Waals surface area contributed by atoms with Crippen molar-refractivity contribution in [1.82, 2.24) is 15.0 Å². The minimum atomic E-state index is -1.81. The predicted molar refractivity (Wildman–Crippen MR) is 104 cm³/mol. The Morgan fingerprint density at radius 1 is 1.00 bits per heavy atom. The molecule has 0 amide bonds. The molecule has 1 heterocycles. The Labute approximate surface area is 167 Å². The number of hydrogen-bond donors (Lipinski definition) is 2. The number of anilines is 1. The molecule has 142 valence electrons. The van der Waals surface area contributed by atoms with Crippen LogP contribution in [0.2, 0.25) is 0 Å². The number of aromatic nitrogens is 3. The summed E-state index contributed by atoms with van der Waals surface area (Å²) in [5.41, 5.74) is 6.13. The summed E-state index contributed by atoms with van der Waals surface area (Å²) in [6, 6.07) is 5.23. The Balaban J connectivity index is 2.53. The molecule has 0 aliphatic heterocycles. The number of rotatable bonds is 6. The highest BCUT2D eigenvalue weighted by molar-refractivity contribution is 6.66. The Hall–Kier alpha value is -1.54. The first-order valence-electron chi connectivity index (χ1n) is 7.61. The van der Waals surface area contributed by atoms with E-state index in [1.807, 2.05) is 13.8 Å². The second-order valence-electron chi connectivity index (χ2n) is 6.25. The van der Waals surface area contributed by atoms with Crippen molar-refractivity contribution < 1.29 is 9.47 Å². The first kappa shape index (κ1) is 20.8. The van der Waals surface area contributed by atoms with E-state index < -0.39 is 9.33 Å². The summed E-state index contributed by atoms with van der Waals surface area (Å²) in [6.45, 7) is 4.15. The van der Waals surface area contributed by atoms with Gasteiger partial charge in [0.25, 0.3) is 0 Å². The van der Waals surface area contributed by atoms with E-state index in [0.717, 1.165) is 0 Å². The van der Waals surface area contributed by atoms with Crippen molar-refractivity contribution >= 4 is 40.8 Å². The molecule has 1 aromatic heterocycles. The minimum Gasteiger partial charge on any atom is -0.497 e. The van der Waals surface area contributed by atoms with Crippen LogP contribution in [0.4, 0.5) is 5.95 Å². The van der Waals surface area contributed by atoms with Crippen LogP contribution in [0.3, 0.4) is 0 Å². The number of nitrogens with two attached hydrogens (primary N) is 1. The van der Waals surface area contributed by atoms with Gasteiger partial charge in [-0.1, -0.05) is 34.8 Å². The number of benzene rings is 1. The second kappa shape index (κ2) is 8.00. The van der Waals surface area contributed by atoms with E-state index in [1.165, 1.54) is 0 Å². The molecule has 0 saturated heterocycles. The Morgan fingerprint density at radius 3 is 2.04 bits per heavy atom. The molecule has 0 fully saturated rings. The third-order valence-corrected chi connectivity index (χ3v) is 3.71. The number of methoxy groups -OCH3 is 2. The molecule has 1 aromatic carbocycles. The van der Waals surface area contributed by atoms with Crippen molar-refractivity contribution in [2.45, 2.75) is 23.2 Å². The van der Waals surface area contributed by atoms with Gasteiger partial charge in [-0.05, 0) is 26.0 Å². The summed E-state index contributed by atoms with van der Waals surface area (Å²) in [5, 5.41) is 3.04. The molecule has 0 bridgehead atoms. The Morgan fingerprint density at radius 2 is 1.58 bits per heavy atom. The van der Waals surface area contributed by atoms with Gasteiger partial charge < -0.3 is 20.5 Å². The maximum atomic E-state index is 5.99. The monoisotopic (exact) mass is 419 g/mol. The fourth-order valence-electron chi connectivity index (χ4n) is 1.95. The zero-order valence-electron chi connectivity index (χ0n) is 14.8. The van der Waals surface area contributed by atoms with Gasteiger partial charge >= 0.3 is 0 Å². The number of nitrogens with one attached hydrogen (secondary N) is 1. The molecule has 7 nitrogen and oxygen atoms in total. The van der Waals surface area contributed by atoms with Crippen molar-refractivity contribution in [1.29, 1.82) is 0 Å². The molecular weight excluding hydrogens is 401 g/mol. The van der Waals surface area contributed by atoms with Gasteiger partial charge in [-0.2, -0.15) is 9.97 Å². The lowest BCUT2D eigenvalue weighted by Crippen LogP contribution is -2.40. The minimum absolute atomic E-state index is 0.00776. The van der Waals surface area contributed by atoms with E-state index in [4.69, 9.17) is 50.0 Å². The topological polar surface area (TPSA) is 95.2 Å². The van der Waals surface area contributed by atoms with Crippen LogP contribution in [-0.4, -0.2) is 41.3 Å². The largest absolute Gasteiger partial charge is 0.497 e. The van der Waals surface area contributed by atoms with Crippen LogP contribution in [0.25, 0.3) is 11.4 Å². The number of nitrogens with zero attached hydrogens (tertiary/aromatic N) is 3. The van der Waals surface area contributed by atoms with Crippen molar-refractivity contribution in [3.8, 4) is 22.9 Å². The SMILES string of the molecule is COc1cc(OC)cc(-c2nc(NCC(C)(C)N)nc(C(Cl)(Cl)Cl)n2)c1. The first-order chi connectivity index (χ1) is 12.0. The van der Waals surface area contributed by atoms with Crippen molar-refractivity contribution in [2.75, 3.05) is 26.1 Å². The Kier molecular flexibility index (Phi) is 6.39. The van der Waals surface area contributed by atoms with E-state index >= 15 is 0 Å². The maximum absolute atomic E-state index is 5.99. The fraction of sp³-hybridized carbons (Fsp3) is 0.438. The van der Waals surface area contributed by atoms with Crippen LogP contribution in [0.1, 0.15) is 19.7 Å². The van der Waals surface area contributed by atoms with Crippen LogP contribution in [0.5, 0.6) is 11.5 Å². The summed E-state index contributed by atoms with van der Waals surface area (Å²) < 4.78 is 8.74. The molecule has 0 radical (unpaired) electrons. The van der Waals surface area contributed by atoms with E-state index in [9.17, 15) is 0 Å². The smallest absolute Gasteiger partial charge is 0.250 e. The summed E-state index contributed by atoms with van der Waals surface area (Å²) in [6.07, 6.45) is 0. The molecule has 0 aliphatic carbocycles. The van der Waals surface area contributed by atoms with E-state index in [0.29, 0.717) is 29.4 Å². The summed E-state index contributed by atoms with van der Waals surface area (Å²) in [7, 11) is 3.10. The van der Waals surface area contributed by atoms with Gasteiger partial charge in [-0.25, -0.2) is 4.98 Å². The zero-order chi connectivity index (χ0) is 19.5. The normalized spacial score (nSPS) is 12.0. The summed E-state index contributed by atoms with van der Waals surface area (Å²) >= 11 is 17.9. The predicted octanol–water partition coefficient (Wildman–Crippen LogP) is 3.53. The summed E-state index contributed by atoms with van der Waals surface area (Å²) in [4.78, 5) is 12.8. The van der Waals surface area contributed by atoms with Gasteiger partial charge in [0.2, 0.25) is 9.74 Å². The molecule has 0 saturated carbocycles. The number of hydrogen-bond acceptors (Lipinski definition) is 7. The molecule has 26 heavy (non-hydrogen) atoms. The summed E-state index contributed by atoms with van der Waals surface area (Å²) in [5.74, 6) is 1.69. The van der Waals surface area contributed by atoms with Crippen molar-refractivity contribution in [2.24, 2.45) is 5.73 Å². The van der Waals surface area contributed by atoms with E-state index in [2.05, 4.69) is 20.3 Å². The zero-order valence-corrected chi connectivity index (χ0v) is 17.1. The van der Waals surface area contributed by atoms with Gasteiger partial charge in [0, 0.05) is 23.7 Å². The molecule has 0 atom stereocenters. The van der Waals surface area contributed by atoms with Crippen LogP contribution in [0.15, 0.2) is 18.2 Å². The van der Waals surface area contributed by atoms with Gasteiger partial charge in [0.15, 0.2) is 11.6 Å². The van der Waals surface area contributed by atoms with Crippen molar-refractivity contribution in [3.05, 3.63) is 24.0 Å². The molecule has 2 rings (SSSR count). The molecule has 2 aromatic rings. The average molecular weight is 421 g/mol. The van der Waals surface area contributed by atoms with Gasteiger partial charge in [0.05, 0.1) is 14.2 Å². The highest BCUT2D eigenvalue weighted by Gasteiger charge is 2.29. The highest BCUT2D eigenvalue weighted by atomic mass is 35.6. The molecular formula is C16H20Cl3N5O2. The third kappa shape index (κ3) is 5.74. The first-order valence-corrected chi connectivity index (χ1v) is 8.75. The molecule has 3 N–H and O–H groups in total. The fourth-order valence-corrected chi connectivity index (χ4v) is 2.21. The lowest BCUT2D eigenvalue weighted by atomic mass is 10.1. The number of halogens is 3. The molecule has 0 unspecified atom stereocenters. The van der Waals surface area contributed by atoms with Crippen molar-refractivity contribution in [3.63, 3.8) is 0 Å². The molecule has 0 aliphatic rings. The standard InChI is InChI=1S/C16H20Cl3N5O2/c1-15(2,20)8-21-14-23-12(22-13(24-14)16(17,18)19)9-5-10(25-3)7-11(6-9)26-4/h5-7H,8,20H2,1-4H3,(H,21,22,23,24). The highest BCUT2D eigenvalue weighted by Crippen LogP contribution is 2.37. The van der Waals surface area contributed by atoms with E-state index in [1.54, 1.807) is 32.4 Å². The molecule has 10 heteroatoms. The lowest BCUT2D eigenvalue weighted by molar-refractivity contribution is 0.394. The van der Waals surface area contributed by atoms with Gasteiger partial charge in [-0.15, -0.1) is 0 Å². The van der Waals surface area contributed by atoms with Crippen LogP contribution >= 0.6 is 34.8 Å². The maximum Gasteiger partial charge on any atom is 0.250 e. The van der Waals surface area contributed by atoms with Crippen LogP contribution in [-0.2, 0) is 3.79 Å². The van der Waals surface area contributed by atoms with E-state index in [-0.39, 0.29) is 11.8 Å². The molecule has 0 spiro atoms. The lowest BCUT2D eigenvalue weighted by Gasteiger charge is -2.20. The third-order valence-electron chi connectivity index (χ3n) is 3.20. The van der Waals surface area contributed by atoms with Crippen LogP contribution in [0, 0.1) is 0 Å². The average Bonchev–Trinajstić information content (AvgIpc) is 2.57. The Bertz CT molecular complexity index is 753. The second-order valence-corrected chi connectivity index (χ2v) is 8.53. The number of ether oxygens (including phenoxy) is 2. The van der Waals surface area contributed by atoms with Gasteiger partial charge in [-0.3, -0.25) is 0 Å². The quantitative estimate of drug-likeness (QED) is 0.690. The van der Waals surface area contributed by atoms with Crippen LogP contribution < -0.4 is 20.5 Å². The van der Waals surface area contributed by atoms with Gasteiger partial charge in [0.1, 0.15) is 11.5 Å². The number of alkyl halides is 3.